The number of hydrogen-bond acceptors (Lipinski definition) is 4. The molecule has 1 heterocycles. The van der Waals surface area contributed by atoms with Crippen LogP contribution in [0.5, 0.6) is 0 Å². The summed E-state index contributed by atoms with van der Waals surface area (Å²) in [6, 6.07) is 12.9. The molecule has 2 aromatic rings. The van der Waals surface area contributed by atoms with Crippen LogP contribution >= 0.6 is 0 Å². The number of benzene rings is 2. The van der Waals surface area contributed by atoms with Gasteiger partial charge in [0.15, 0.2) is 0 Å². The highest BCUT2D eigenvalue weighted by Gasteiger charge is 2.28. The second-order valence-corrected chi connectivity index (χ2v) is 9.05. The third kappa shape index (κ3) is 4.43. The van der Waals surface area contributed by atoms with Crippen LogP contribution in [-0.4, -0.2) is 56.9 Å². The van der Waals surface area contributed by atoms with E-state index in [0.29, 0.717) is 44.0 Å². The fourth-order valence-electron chi connectivity index (χ4n) is 3.20. The Balaban J connectivity index is 1.83. The van der Waals surface area contributed by atoms with E-state index in [1.807, 2.05) is 31.2 Å². The maximum atomic E-state index is 13.0. The SMILES string of the molecule is Cc1ccc(CN(C)C(=O)c2ccc(C)c(S(=O)(=O)N3CCOCC3)c2)cc1. The van der Waals surface area contributed by atoms with Gasteiger partial charge in [-0.15, -0.1) is 0 Å². The van der Waals surface area contributed by atoms with Gasteiger partial charge in [0.1, 0.15) is 0 Å². The van der Waals surface area contributed by atoms with Crippen LogP contribution in [0.2, 0.25) is 0 Å². The third-order valence-corrected chi connectivity index (χ3v) is 6.95. The third-order valence-electron chi connectivity index (χ3n) is 4.91. The Bertz CT molecular complexity index is 949. The molecule has 1 aliphatic rings. The summed E-state index contributed by atoms with van der Waals surface area (Å²) in [5.41, 5.74) is 3.18. The zero-order valence-corrected chi connectivity index (χ0v) is 17.3. The van der Waals surface area contributed by atoms with Gasteiger partial charge in [0.2, 0.25) is 10.0 Å². The molecule has 150 valence electrons. The zero-order valence-electron chi connectivity index (χ0n) is 16.5. The molecule has 1 fully saturated rings. The van der Waals surface area contributed by atoms with Gasteiger partial charge in [0, 0.05) is 32.2 Å². The second kappa shape index (κ2) is 8.43. The van der Waals surface area contributed by atoms with Crippen molar-refractivity contribution in [2.45, 2.75) is 25.3 Å². The van der Waals surface area contributed by atoms with Crippen LogP contribution in [0.25, 0.3) is 0 Å². The van der Waals surface area contributed by atoms with Gasteiger partial charge in [-0.3, -0.25) is 4.79 Å². The Morgan fingerprint density at radius 1 is 1.07 bits per heavy atom. The highest BCUT2D eigenvalue weighted by Crippen LogP contribution is 2.23. The van der Waals surface area contributed by atoms with Gasteiger partial charge >= 0.3 is 0 Å². The lowest BCUT2D eigenvalue weighted by Crippen LogP contribution is -2.41. The van der Waals surface area contributed by atoms with E-state index in [-0.39, 0.29) is 10.8 Å². The van der Waals surface area contributed by atoms with Crippen molar-refractivity contribution in [3.63, 3.8) is 0 Å². The minimum atomic E-state index is -3.66. The summed E-state index contributed by atoms with van der Waals surface area (Å²) in [6.45, 7) is 5.64. The number of carbonyl (C=O) groups is 1. The Kier molecular flexibility index (Phi) is 6.17. The Labute approximate surface area is 166 Å². The molecule has 0 spiro atoms. The molecule has 7 heteroatoms. The molecule has 0 aromatic heterocycles. The average Bonchev–Trinajstić information content (AvgIpc) is 2.70. The molecule has 6 nitrogen and oxygen atoms in total. The number of nitrogens with zero attached hydrogens (tertiary/aromatic N) is 2. The molecular weight excluding hydrogens is 376 g/mol. The van der Waals surface area contributed by atoms with Crippen molar-refractivity contribution in [2.75, 3.05) is 33.4 Å². The van der Waals surface area contributed by atoms with Crippen molar-refractivity contribution >= 4 is 15.9 Å². The minimum absolute atomic E-state index is 0.184. The van der Waals surface area contributed by atoms with E-state index in [1.165, 1.54) is 10.4 Å². The van der Waals surface area contributed by atoms with Gasteiger partial charge < -0.3 is 9.64 Å². The summed E-state index contributed by atoms with van der Waals surface area (Å²) in [6.07, 6.45) is 0. The molecule has 1 amide bonds. The first kappa shape index (κ1) is 20.5. The fraction of sp³-hybridized carbons (Fsp3) is 0.381. The van der Waals surface area contributed by atoms with Gasteiger partial charge in [-0.05, 0) is 37.1 Å². The maximum absolute atomic E-state index is 13.0. The predicted octanol–water partition coefficient (Wildman–Crippen LogP) is 2.60. The minimum Gasteiger partial charge on any atom is -0.379 e. The molecule has 0 saturated carbocycles. The van der Waals surface area contributed by atoms with Crippen molar-refractivity contribution in [3.8, 4) is 0 Å². The molecule has 0 radical (unpaired) electrons. The molecule has 1 saturated heterocycles. The topological polar surface area (TPSA) is 66.9 Å². The molecule has 0 atom stereocenters. The largest absolute Gasteiger partial charge is 0.379 e. The number of rotatable bonds is 5. The molecule has 3 rings (SSSR count). The highest BCUT2D eigenvalue weighted by atomic mass is 32.2. The summed E-state index contributed by atoms with van der Waals surface area (Å²) in [7, 11) is -1.94. The van der Waals surface area contributed by atoms with Crippen LogP contribution in [0, 0.1) is 13.8 Å². The molecule has 1 aliphatic heterocycles. The van der Waals surface area contributed by atoms with E-state index >= 15 is 0 Å². The Morgan fingerprint density at radius 2 is 1.71 bits per heavy atom. The second-order valence-electron chi connectivity index (χ2n) is 7.14. The predicted molar refractivity (Wildman–Crippen MR) is 108 cm³/mol. The number of hydrogen-bond donors (Lipinski definition) is 0. The lowest BCUT2D eigenvalue weighted by atomic mass is 10.1. The summed E-state index contributed by atoms with van der Waals surface area (Å²) < 4.78 is 32.7. The monoisotopic (exact) mass is 402 g/mol. The Hall–Kier alpha value is -2.22. The number of sulfonamides is 1. The van der Waals surface area contributed by atoms with Gasteiger partial charge in [0.25, 0.3) is 5.91 Å². The van der Waals surface area contributed by atoms with E-state index in [1.54, 1.807) is 31.0 Å². The van der Waals surface area contributed by atoms with E-state index in [4.69, 9.17) is 4.74 Å². The fourth-order valence-corrected chi connectivity index (χ4v) is 4.86. The highest BCUT2D eigenvalue weighted by molar-refractivity contribution is 7.89. The van der Waals surface area contributed by atoms with Crippen LogP contribution in [0.15, 0.2) is 47.4 Å². The van der Waals surface area contributed by atoms with Gasteiger partial charge in [-0.2, -0.15) is 4.31 Å². The number of amides is 1. The van der Waals surface area contributed by atoms with Crippen molar-refractivity contribution in [1.29, 1.82) is 0 Å². The van der Waals surface area contributed by atoms with Crippen LogP contribution in [0.4, 0.5) is 0 Å². The number of aryl methyl sites for hydroxylation is 2. The molecule has 28 heavy (non-hydrogen) atoms. The Morgan fingerprint density at radius 3 is 2.36 bits per heavy atom. The first-order valence-electron chi connectivity index (χ1n) is 9.28. The summed E-state index contributed by atoms with van der Waals surface area (Å²) >= 11 is 0. The standard InChI is InChI=1S/C21H26N2O4S/c1-16-4-7-18(8-5-16)15-22(3)21(24)19-9-6-17(2)20(14-19)28(25,26)23-10-12-27-13-11-23/h4-9,14H,10-13,15H2,1-3H3. The first-order valence-corrected chi connectivity index (χ1v) is 10.7. The van der Waals surface area contributed by atoms with Gasteiger partial charge in [-0.1, -0.05) is 35.9 Å². The lowest BCUT2D eigenvalue weighted by molar-refractivity contribution is 0.0730. The van der Waals surface area contributed by atoms with Crippen LogP contribution in [0.1, 0.15) is 27.0 Å². The molecule has 0 unspecified atom stereocenters. The molecule has 0 N–H and O–H groups in total. The van der Waals surface area contributed by atoms with E-state index in [9.17, 15) is 13.2 Å². The van der Waals surface area contributed by atoms with Crippen molar-refractivity contribution in [1.82, 2.24) is 9.21 Å². The number of morpholine rings is 1. The van der Waals surface area contributed by atoms with E-state index in [2.05, 4.69) is 0 Å². The van der Waals surface area contributed by atoms with E-state index < -0.39 is 10.0 Å². The van der Waals surface area contributed by atoms with Crippen LogP contribution in [0.3, 0.4) is 0 Å². The van der Waals surface area contributed by atoms with Crippen molar-refractivity contribution < 1.29 is 17.9 Å². The van der Waals surface area contributed by atoms with Gasteiger partial charge in [-0.25, -0.2) is 8.42 Å². The maximum Gasteiger partial charge on any atom is 0.253 e. The van der Waals surface area contributed by atoms with Crippen LogP contribution < -0.4 is 0 Å². The molecule has 0 bridgehead atoms. The lowest BCUT2D eigenvalue weighted by Gasteiger charge is -2.27. The summed E-state index contributed by atoms with van der Waals surface area (Å²) in [5, 5.41) is 0. The van der Waals surface area contributed by atoms with Crippen LogP contribution in [-0.2, 0) is 21.3 Å². The smallest absolute Gasteiger partial charge is 0.253 e. The summed E-state index contributed by atoms with van der Waals surface area (Å²) in [5.74, 6) is -0.209. The van der Waals surface area contributed by atoms with E-state index in [0.717, 1.165) is 11.1 Å². The molecule has 0 aliphatic carbocycles. The molecule has 2 aromatic carbocycles. The quantitative estimate of drug-likeness (QED) is 0.771. The zero-order chi connectivity index (χ0) is 20.3. The average molecular weight is 403 g/mol. The normalized spacial score (nSPS) is 15.4. The number of ether oxygens (including phenoxy) is 1. The first-order chi connectivity index (χ1) is 13.3. The summed E-state index contributed by atoms with van der Waals surface area (Å²) in [4.78, 5) is 14.7. The van der Waals surface area contributed by atoms with Crippen molar-refractivity contribution in [2.24, 2.45) is 0 Å². The molecular formula is C21H26N2O4S. The van der Waals surface area contributed by atoms with Gasteiger partial charge in [0.05, 0.1) is 18.1 Å². The number of carbonyl (C=O) groups excluding carboxylic acids is 1. The van der Waals surface area contributed by atoms with Crippen molar-refractivity contribution in [3.05, 3.63) is 64.7 Å².